The second-order valence-electron chi connectivity index (χ2n) is 4.40. The number of nitrogens with one attached hydrogen (secondary N) is 2. The summed E-state index contributed by atoms with van der Waals surface area (Å²) in [7, 11) is 0. The minimum Gasteiger partial charge on any atom is -0.406 e. The lowest BCUT2D eigenvalue weighted by molar-refractivity contribution is -0.274. The highest BCUT2D eigenvalue weighted by molar-refractivity contribution is 5.60. The Kier molecular flexibility index (Phi) is 3.32. The van der Waals surface area contributed by atoms with Gasteiger partial charge in [-0.15, -0.1) is 13.2 Å². The summed E-state index contributed by atoms with van der Waals surface area (Å²) in [6, 6.07) is 6.69. The molecule has 1 aliphatic heterocycles. The van der Waals surface area contributed by atoms with E-state index in [1.165, 1.54) is 24.3 Å². The van der Waals surface area contributed by atoms with E-state index in [4.69, 9.17) is 0 Å². The second kappa shape index (κ2) is 5.17. The van der Waals surface area contributed by atoms with Gasteiger partial charge < -0.3 is 15.0 Å². The second-order valence-corrected chi connectivity index (χ2v) is 4.40. The van der Waals surface area contributed by atoms with Crippen LogP contribution >= 0.6 is 0 Å². The molecule has 0 spiro atoms. The molecule has 3 rings (SSSR count). The fourth-order valence-electron chi connectivity index (χ4n) is 1.95. The van der Waals surface area contributed by atoms with E-state index in [-0.39, 0.29) is 23.8 Å². The highest BCUT2D eigenvalue weighted by Crippen LogP contribution is 2.25. The number of H-pyrrole nitrogens is 1. The molecule has 0 radical (unpaired) electrons. The highest BCUT2D eigenvalue weighted by atomic mass is 19.4. The Morgan fingerprint density at radius 2 is 2.05 bits per heavy atom. The summed E-state index contributed by atoms with van der Waals surface area (Å²) < 4.78 is 40.4. The zero-order valence-electron chi connectivity index (χ0n) is 10.9. The fraction of sp³-hybridized carbons (Fsp3) is 0.154. The van der Waals surface area contributed by atoms with Crippen LogP contribution in [0.1, 0.15) is 0 Å². The Labute approximate surface area is 121 Å². The van der Waals surface area contributed by atoms with Crippen LogP contribution in [0.25, 0.3) is 0 Å². The van der Waals surface area contributed by atoms with Crippen molar-refractivity contribution >= 4 is 11.4 Å². The lowest BCUT2D eigenvalue weighted by Gasteiger charge is -2.10. The van der Waals surface area contributed by atoms with Crippen molar-refractivity contribution in [3.05, 3.63) is 51.5 Å². The van der Waals surface area contributed by atoms with Crippen molar-refractivity contribution in [2.75, 3.05) is 12.0 Å². The van der Waals surface area contributed by atoms with Crippen molar-refractivity contribution in [2.45, 2.75) is 6.36 Å². The molecular formula is C13H9F3N4O2. The van der Waals surface area contributed by atoms with Crippen LogP contribution in [-0.2, 0) is 0 Å². The maximum atomic E-state index is 12.2. The molecule has 9 heteroatoms. The molecular weight excluding hydrogens is 301 g/mol. The molecule has 1 aromatic carbocycles. The first-order valence-corrected chi connectivity index (χ1v) is 6.16. The molecule has 2 aromatic rings. The summed E-state index contributed by atoms with van der Waals surface area (Å²) in [6.07, 6.45) is -4.77. The van der Waals surface area contributed by atoms with E-state index in [0.29, 0.717) is 10.8 Å². The van der Waals surface area contributed by atoms with E-state index in [1.54, 1.807) is 0 Å². The number of fused-ring (bicyclic) bond motifs is 1. The van der Waals surface area contributed by atoms with Crippen LogP contribution in [0.3, 0.4) is 0 Å². The van der Waals surface area contributed by atoms with Crippen molar-refractivity contribution < 1.29 is 17.9 Å². The first-order valence-electron chi connectivity index (χ1n) is 6.16. The molecule has 0 saturated heterocycles. The van der Waals surface area contributed by atoms with Gasteiger partial charge in [-0.05, 0) is 18.2 Å². The number of nitrogens with zero attached hydrogens (tertiary/aromatic N) is 2. The largest absolute Gasteiger partial charge is 0.573 e. The fourth-order valence-corrected chi connectivity index (χ4v) is 1.95. The summed E-state index contributed by atoms with van der Waals surface area (Å²) >= 11 is 0. The summed E-state index contributed by atoms with van der Waals surface area (Å²) in [5, 5.41) is 3.25. The van der Waals surface area contributed by atoms with Gasteiger partial charge in [0.1, 0.15) is 23.5 Å². The summed E-state index contributed by atoms with van der Waals surface area (Å²) in [5.41, 5.74) is 0.386. The molecule has 0 bridgehead atoms. The molecule has 1 aromatic heterocycles. The van der Waals surface area contributed by atoms with Crippen LogP contribution in [0.4, 0.5) is 24.5 Å². The molecule has 0 unspecified atom stereocenters. The van der Waals surface area contributed by atoms with Gasteiger partial charge in [-0.3, -0.25) is 9.79 Å². The van der Waals surface area contributed by atoms with Gasteiger partial charge in [0, 0.05) is 11.8 Å². The average Bonchev–Trinajstić information content (AvgIpc) is 2.84. The molecule has 0 amide bonds. The number of aromatic amines is 1. The molecule has 0 saturated carbocycles. The van der Waals surface area contributed by atoms with Gasteiger partial charge in [-0.1, -0.05) is 6.07 Å². The summed E-state index contributed by atoms with van der Waals surface area (Å²) in [4.78, 5) is 22.4. The number of aromatic nitrogens is 1. The number of pyridine rings is 1. The van der Waals surface area contributed by atoms with Crippen molar-refractivity contribution in [1.29, 1.82) is 0 Å². The van der Waals surface area contributed by atoms with Gasteiger partial charge in [-0.2, -0.15) is 0 Å². The Balaban J connectivity index is 1.90. The zero-order chi connectivity index (χ0) is 15.7. The zero-order valence-corrected chi connectivity index (χ0v) is 10.9. The molecule has 0 aliphatic carbocycles. The number of anilines is 2. The molecule has 0 fully saturated rings. The van der Waals surface area contributed by atoms with Crippen molar-refractivity contribution in [1.82, 2.24) is 4.98 Å². The van der Waals surface area contributed by atoms with Crippen molar-refractivity contribution in [3.63, 3.8) is 0 Å². The third kappa shape index (κ3) is 3.08. The van der Waals surface area contributed by atoms with E-state index in [9.17, 15) is 18.0 Å². The topological polar surface area (TPSA) is 78.8 Å². The van der Waals surface area contributed by atoms with E-state index in [2.05, 4.69) is 25.0 Å². The third-order valence-electron chi connectivity index (χ3n) is 2.82. The van der Waals surface area contributed by atoms with Crippen LogP contribution in [0.15, 0.2) is 45.1 Å². The molecule has 2 N–H and O–H groups in total. The van der Waals surface area contributed by atoms with Crippen LogP contribution in [0.2, 0.25) is 0 Å². The Hall–Kier alpha value is -2.84. The average molecular weight is 310 g/mol. The standard InChI is InChI=1S/C13H9F3N4O2/c14-13(15,16)22-8-3-1-2-7(4-8)19-10-5-9-11(18-6-17-9)20-12(10)21/h1-5,19H,6H2,(H,18,20,21). The minimum absolute atomic E-state index is 0.156. The van der Waals surface area contributed by atoms with Crippen LogP contribution in [0.5, 0.6) is 5.75 Å². The van der Waals surface area contributed by atoms with Crippen molar-refractivity contribution in [3.8, 4) is 5.75 Å². The lowest BCUT2D eigenvalue weighted by Crippen LogP contribution is -2.33. The van der Waals surface area contributed by atoms with Crippen LogP contribution in [0, 0.1) is 0 Å². The monoisotopic (exact) mass is 310 g/mol. The van der Waals surface area contributed by atoms with Gasteiger partial charge in [-0.25, -0.2) is 4.99 Å². The predicted molar refractivity (Wildman–Crippen MR) is 70.6 cm³/mol. The van der Waals surface area contributed by atoms with E-state index in [0.717, 1.165) is 6.07 Å². The number of hydrogen-bond acceptors (Lipinski definition) is 5. The normalized spacial score (nSPS) is 13.0. The maximum absolute atomic E-state index is 12.2. The van der Waals surface area contributed by atoms with Gasteiger partial charge in [0.2, 0.25) is 0 Å². The molecule has 1 aliphatic rings. The maximum Gasteiger partial charge on any atom is 0.573 e. The Morgan fingerprint density at radius 3 is 2.82 bits per heavy atom. The SMILES string of the molecule is O=c1[nH]c2c(cc1Nc1cccc(OC(F)(F)F)c1)=NCN=2. The predicted octanol–water partition coefficient (Wildman–Crippen LogP) is 1.23. The van der Waals surface area contributed by atoms with Gasteiger partial charge in [0.05, 0.1) is 0 Å². The van der Waals surface area contributed by atoms with Crippen molar-refractivity contribution in [2.24, 2.45) is 9.98 Å². The van der Waals surface area contributed by atoms with E-state index in [1.807, 2.05) is 0 Å². The van der Waals surface area contributed by atoms with Crippen LogP contribution in [-0.4, -0.2) is 18.0 Å². The first-order chi connectivity index (χ1) is 10.4. The molecule has 6 nitrogen and oxygen atoms in total. The number of alkyl halides is 3. The third-order valence-corrected chi connectivity index (χ3v) is 2.82. The molecule has 2 heterocycles. The van der Waals surface area contributed by atoms with E-state index < -0.39 is 11.9 Å². The lowest BCUT2D eigenvalue weighted by atomic mass is 10.3. The Morgan fingerprint density at radius 1 is 1.23 bits per heavy atom. The van der Waals surface area contributed by atoms with Crippen LogP contribution < -0.4 is 26.5 Å². The number of ether oxygens (including phenoxy) is 1. The number of halogens is 3. The van der Waals surface area contributed by atoms with Gasteiger partial charge in [0.15, 0.2) is 5.49 Å². The number of benzene rings is 1. The number of hydrogen-bond donors (Lipinski definition) is 2. The summed E-state index contributed by atoms with van der Waals surface area (Å²) in [5.74, 6) is -0.380. The minimum atomic E-state index is -4.77. The van der Waals surface area contributed by atoms with Gasteiger partial charge in [0.25, 0.3) is 5.56 Å². The quantitative estimate of drug-likeness (QED) is 0.895. The van der Waals surface area contributed by atoms with Gasteiger partial charge >= 0.3 is 6.36 Å². The number of rotatable bonds is 3. The van der Waals surface area contributed by atoms with E-state index >= 15 is 0 Å². The highest BCUT2D eigenvalue weighted by Gasteiger charge is 2.31. The summed E-state index contributed by atoms with van der Waals surface area (Å²) in [6.45, 7) is 0.240. The molecule has 114 valence electrons. The smallest absolute Gasteiger partial charge is 0.406 e. The first kappa shape index (κ1) is 14.1. The Bertz CT molecular complexity index is 889. The molecule has 0 atom stereocenters. The molecule has 22 heavy (non-hydrogen) atoms.